The molecule has 6 nitrogen and oxygen atoms in total. The number of nitrogens with zero attached hydrogens (tertiary/aromatic N) is 1. The fourth-order valence-electron chi connectivity index (χ4n) is 4.23. The van der Waals surface area contributed by atoms with Crippen LogP contribution < -0.4 is 9.47 Å². The van der Waals surface area contributed by atoms with Crippen molar-refractivity contribution in [3.8, 4) is 11.5 Å². The number of carbonyl (C=O) groups is 2. The third-order valence-corrected chi connectivity index (χ3v) is 6.27. The van der Waals surface area contributed by atoms with E-state index in [-0.39, 0.29) is 17.9 Å². The van der Waals surface area contributed by atoms with Crippen LogP contribution in [0.25, 0.3) is 0 Å². The molecule has 1 aliphatic carbocycles. The summed E-state index contributed by atoms with van der Waals surface area (Å²) in [6, 6.07) is 1.80. The second kappa shape index (κ2) is 8.14. The highest BCUT2D eigenvalue weighted by Crippen LogP contribution is 2.51. The lowest BCUT2D eigenvalue weighted by atomic mass is 9.72. The van der Waals surface area contributed by atoms with Gasteiger partial charge in [0.1, 0.15) is 35.8 Å². The number of ketones is 1. The smallest absolute Gasteiger partial charge is 0.410 e. The highest BCUT2D eigenvalue weighted by Gasteiger charge is 2.46. The summed E-state index contributed by atoms with van der Waals surface area (Å²) < 4.78 is 17.9. The Bertz CT molecular complexity index is 964. The minimum Gasteiger partial charge on any atom is -0.488 e. The van der Waals surface area contributed by atoms with Crippen molar-refractivity contribution in [3.05, 3.63) is 71.3 Å². The quantitative estimate of drug-likeness (QED) is 0.580. The predicted octanol–water partition coefficient (Wildman–Crippen LogP) is 4.24. The van der Waals surface area contributed by atoms with E-state index in [0.29, 0.717) is 48.8 Å². The molecule has 4 rings (SSSR count). The number of halogens is 1. The maximum atomic E-state index is 12.4. The first-order valence-electron chi connectivity index (χ1n) is 9.68. The van der Waals surface area contributed by atoms with Gasteiger partial charge in [-0.3, -0.25) is 9.69 Å². The Kier molecular flexibility index (Phi) is 5.56. The summed E-state index contributed by atoms with van der Waals surface area (Å²) in [5, 5.41) is 0. The minimum atomic E-state index is -0.618. The number of amides is 1. The Morgan fingerprint density at radius 2 is 1.90 bits per heavy atom. The van der Waals surface area contributed by atoms with Gasteiger partial charge in [0.05, 0.1) is 12.6 Å². The summed E-state index contributed by atoms with van der Waals surface area (Å²) in [5.41, 5.74) is 1.16. The van der Waals surface area contributed by atoms with Gasteiger partial charge in [-0.05, 0) is 46.1 Å². The van der Waals surface area contributed by atoms with Crippen molar-refractivity contribution in [2.45, 2.75) is 24.4 Å². The number of allylic oxidation sites excluding steroid dienone is 4. The zero-order valence-corrected chi connectivity index (χ0v) is 18.0. The van der Waals surface area contributed by atoms with E-state index in [1.165, 1.54) is 0 Å². The van der Waals surface area contributed by atoms with Gasteiger partial charge in [-0.2, -0.15) is 0 Å². The van der Waals surface area contributed by atoms with Crippen LogP contribution in [0.3, 0.4) is 0 Å². The van der Waals surface area contributed by atoms with Gasteiger partial charge >= 0.3 is 6.09 Å². The Morgan fingerprint density at radius 3 is 2.60 bits per heavy atom. The van der Waals surface area contributed by atoms with Crippen molar-refractivity contribution >= 4 is 27.8 Å². The second-order valence-electron chi connectivity index (χ2n) is 7.42. The number of cyclic esters (lactones) is 1. The molecule has 1 saturated heterocycles. The van der Waals surface area contributed by atoms with Crippen molar-refractivity contribution in [2.75, 3.05) is 19.8 Å². The molecule has 0 unspecified atom stereocenters. The lowest BCUT2D eigenvalue weighted by molar-refractivity contribution is -0.110. The summed E-state index contributed by atoms with van der Waals surface area (Å²) in [6.45, 7) is 8.75. The van der Waals surface area contributed by atoms with E-state index in [4.69, 9.17) is 14.2 Å². The third-order valence-electron chi connectivity index (χ3n) is 5.52. The molecule has 2 heterocycles. The van der Waals surface area contributed by atoms with E-state index in [1.807, 2.05) is 18.2 Å². The van der Waals surface area contributed by atoms with Crippen LogP contribution in [0, 0.1) is 0 Å². The number of hydrogen-bond acceptors (Lipinski definition) is 5. The van der Waals surface area contributed by atoms with E-state index < -0.39 is 5.41 Å². The van der Waals surface area contributed by atoms with E-state index in [2.05, 4.69) is 29.1 Å². The van der Waals surface area contributed by atoms with Crippen LogP contribution in [0.1, 0.15) is 17.5 Å². The van der Waals surface area contributed by atoms with Gasteiger partial charge in [-0.15, -0.1) is 0 Å². The Hall–Kier alpha value is -2.80. The predicted molar refractivity (Wildman–Crippen MR) is 116 cm³/mol. The molecule has 1 atom stereocenters. The highest BCUT2D eigenvalue weighted by atomic mass is 79.9. The van der Waals surface area contributed by atoms with Crippen LogP contribution in [0.15, 0.2) is 60.2 Å². The first kappa shape index (κ1) is 20.5. The average Bonchev–Trinajstić information content (AvgIpc) is 3.00. The number of carbonyl (C=O) groups excluding carboxylic acids is 2. The maximum absolute atomic E-state index is 12.4. The largest absolute Gasteiger partial charge is 0.488 e. The number of fused-ring (bicyclic) bond motifs is 3. The van der Waals surface area contributed by atoms with Crippen molar-refractivity contribution in [3.63, 3.8) is 0 Å². The first-order chi connectivity index (χ1) is 14.5. The molecule has 0 saturated carbocycles. The van der Waals surface area contributed by atoms with Crippen LogP contribution >= 0.6 is 15.9 Å². The van der Waals surface area contributed by atoms with Crippen molar-refractivity contribution in [1.29, 1.82) is 0 Å². The molecule has 0 N–H and O–H groups in total. The summed E-state index contributed by atoms with van der Waals surface area (Å²) in [7, 11) is 0. The molecule has 1 aromatic carbocycles. The fraction of sp³-hybridized carbons (Fsp3) is 0.304. The molecular formula is C23H22BrNO5. The minimum absolute atomic E-state index is 0.0689. The van der Waals surface area contributed by atoms with Crippen molar-refractivity contribution < 1.29 is 23.8 Å². The Balaban J connectivity index is 1.95. The van der Waals surface area contributed by atoms with Gasteiger partial charge in [0.15, 0.2) is 5.78 Å². The molecule has 1 aromatic rings. The van der Waals surface area contributed by atoms with E-state index in [9.17, 15) is 9.59 Å². The van der Waals surface area contributed by atoms with Gasteiger partial charge in [0.25, 0.3) is 0 Å². The van der Waals surface area contributed by atoms with Crippen LogP contribution in [-0.2, 0) is 21.5 Å². The summed E-state index contributed by atoms with van der Waals surface area (Å²) in [6.07, 6.45) is 10.5. The molecule has 0 aromatic heterocycles. The SMILES string of the molecule is C=CCOc1cc2c(c(OCC=C)c1Br)C1(C=CC(=O)C=C1)C[C@H]1COC(=O)N1C2. The molecule has 1 spiro atoms. The zero-order chi connectivity index (χ0) is 21.3. The topological polar surface area (TPSA) is 65.1 Å². The molecule has 7 heteroatoms. The monoisotopic (exact) mass is 471 g/mol. The molecular weight excluding hydrogens is 450 g/mol. The first-order valence-corrected chi connectivity index (χ1v) is 10.5. The number of ether oxygens (including phenoxy) is 3. The summed E-state index contributed by atoms with van der Waals surface area (Å²) >= 11 is 3.64. The number of rotatable bonds is 6. The Morgan fingerprint density at radius 1 is 1.20 bits per heavy atom. The molecule has 2 aliphatic heterocycles. The van der Waals surface area contributed by atoms with Crippen LogP contribution in [0.2, 0.25) is 0 Å². The highest BCUT2D eigenvalue weighted by molar-refractivity contribution is 9.10. The van der Waals surface area contributed by atoms with Gasteiger partial charge in [-0.1, -0.05) is 37.5 Å². The van der Waals surface area contributed by atoms with E-state index >= 15 is 0 Å². The molecule has 30 heavy (non-hydrogen) atoms. The van der Waals surface area contributed by atoms with Gasteiger partial charge < -0.3 is 14.2 Å². The zero-order valence-electron chi connectivity index (χ0n) is 16.4. The average molecular weight is 472 g/mol. The molecule has 3 aliphatic rings. The van der Waals surface area contributed by atoms with Crippen molar-refractivity contribution in [2.24, 2.45) is 0 Å². The van der Waals surface area contributed by atoms with Gasteiger partial charge in [0, 0.05) is 11.0 Å². The van der Waals surface area contributed by atoms with Crippen LogP contribution in [-0.4, -0.2) is 42.6 Å². The lowest BCUT2D eigenvalue weighted by Gasteiger charge is -2.33. The fourth-order valence-corrected chi connectivity index (χ4v) is 4.77. The van der Waals surface area contributed by atoms with Gasteiger partial charge in [0.2, 0.25) is 0 Å². The standard InChI is InChI=1S/C23H22BrNO5/c1-3-9-28-18-11-15-13-25-16(14-30-22(25)27)12-23(7-5-17(26)6-8-23)19(15)21(20(18)24)29-10-4-2/h3-8,11,16H,1-2,9-10,12-14H2/t16-/m0/s1. The van der Waals surface area contributed by atoms with Crippen LogP contribution in [0.4, 0.5) is 4.79 Å². The summed E-state index contributed by atoms with van der Waals surface area (Å²) in [5.74, 6) is 1.14. The molecule has 156 valence electrons. The van der Waals surface area contributed by atoms with Crippen molar-refractivity contribution in [1.82, 2.24) is 4.90 Å². The maximum Gasteiger partial charge on any atom is 0.410 e. The molecule has 1 amide bonds. The summed E-state index contributed by atoms with van der Waals surface area (Å²) in [4.78, 5) is 26.0. The molecule has 0 radical (unpaired) electrons. The second-order valence-corrected chi connectivity index (χ2v) is 8.22. The number of benzene rings is 1. The Labute approximate surface area is 183 Å². The van der Waals surface area contributed by atoms with Crippen LogP contribution in [0.5, 0.6) is 11.5 Å². The lowest BCUT2D eigenvalue weighted by Crippen LogP contribution is -2.35. The molecule has 0 bridgehead atoms. The van der Waals surface area contributed by atoms with Gasteiger partial charge in [-0.25, -0.2) is 4.79 Å². The third kappa shape index (κ3) is 3.47. The number of hydrogen-bond donors (Lipinski definition) is 0. The van der Waals surface area contributed by atoms with E-state index in [1.54, 1.807) is 29.2 Å². The molecule has 1 fully saturated rings. The normalized spacial score (nSPS) is 21.0. The van der Waals surface area contributed by atoms with E-state index in [0.717, 1.165) is 11.1 Å².